The molecule has 0 amide bonds. The number of imidazole rings is 1. The molecule has 1 aliphatic rings. The van der Waals surface area contributed by atoms with Crippen LogP contribution >= 0.6 is 11.6 Å². The third kappa shape index (κ3) is 4.37. The second kappa shape index (κ2) is 8.77. The maximum Gasteiger partial charge on any atom is 0.336 e. The number of aromatic amines is 1. The van der Waals surface area contributed by atoms with Crippen molar-refractivity contribution in [3.05, 3.63) is 70.7 Å². The molecule has 3 aromatic carbocycles. The van der Waals surface area contributed by atoms with Crippen molar-refractivity contribution in [3.63, 3.8) is 0 Å². The zero-order valence-corrected chi connectivity index (χ0v) is 18.7. The van der Waals surface area contributed by atoms with Gasteiger partial charge in [0.15, 0.2) is 0 Å². The minimum Gasteiger partial charge on any atom is -0.478 e. The lowest BCUT2D eigenvalue weighted by molar-refractivity contribution is 0.0695. The summed E-state index contributed by atoms with van der Waals surface area (Å²) in [5.74, 6) is -0.610. The zero-order chi connectivity index (χ0) is 22.9. The minimum absolute atomic E-state index is 0.189. The summed E-state index contributed by atoms with van der Waals surface area (Å²) in [5, 5.41) is 9.93. The quantitative estimate of drug-likeness (QED) is 0.405. The van der Waals surface area contributed by atoms with Gasteiger partial charge in [-0.1, -0.05) is 29.8 Å². The van der Waals surface area contributed by atoms with Gasteiger partial charge < -0.3 is 24.5 Å². The number of fused-ring (bicyclic) bond motifs is 1. The number of nitrogens with zero attached hydrogens (tertiary/aromatic N) is 2. The summed E-state index contributed by atoms with van der Waals surface area (Å²) in [4.78, 5) is 21.3. The van der Waals surface area contributed by atoms with Gasteiger partial charge in [-0.05, 0) is 54.4 Å². The van der Waals surface area contributed by atoms with Crippen molar-refractivity contribution < 1.29 is 19.4 Å². The van der Waals surface area contributed by atoms with Crippen molar-refractivity contribution in [2.45, 2.75) is 6.92 Å². The van der Waals surface area contributed by atoms with E-state index in [4.69, 9.17) is 21.1 Å². The molecule has 2 N–H and O–H groups in total. The predicted molar refractivity (Wildman–Crippen MR) is 128 cm³/mol. The topological polar surface area (TPSA) is 87.7 Å². The van der Waals surface area contributed by atoms with Crippen LogP contribution < -0.4 is 9.64 Å². The van der Waals surface area contributed by atoms with Gasteiger partial charge in [-0.15, -0.1) is 0 Å². The standard InChI is InChI=1S/C25H22ClN3O4/c1-15-2-7-18(12-19(15)24(30)31)33-25-27-22-13-20(21(26)14-23(22)28-25)16-3-5-17(6-4-16)29-8-10-32-11-9-29/h2-7,12-14H,8-11H2,1H3,(H,27,28)(H,30,31). The van der Waals surface area contributed by atoms with E-state index in [9.17, 15) is 9.90 Å². The van der Waals surface area contributed by atoms with E-state index in [1.807, 2.05) is 12.1 Å². The maximum absolute atomic E-state index is 11.4. The molecule has 0 atom stereocenters. The van der Waals surface area contributed by atoms with Crippen LogP contribution in [0, 0.1) is 6.92 Å². The molecule has 0 spiro atoms. The number of halogens is 1. The molecule has 2 heterocycles. The molecule has 1 saturated heterocycles. The van der Waals surface area contributed by atoms with Gasteiger partial charge in [-0.3, -0.25) is 0 Å². The van der Waals surface area contributed by atoms with Crippen LogP contribution in [0.5, 0.6) is 11.8 Å². The number of aromatic nitrogens is 2. The zero-order valence-electron chi connectivity index (χ0n) is 18.0. The van der Waals surface area contributed by atoms with E-state index in [2.05, 4.69) is 39.1 Å². The third-order valence-corrected chi connectivity index (χ3v) is 6.07. The van der Waals surface area contributed by atoms with Gasteiger partial charge in [0.2, 0.25) is 0 Å². The highest BCUT2D eigenvalue weighted by Crippen LogP contribution is 2.34. The average Bonchev–Trinajstić information content (AvgIpc) is 3.21. The van der Waals surface area contributed by atoms with Crippen LogP contribution in [0.4, 0.5) is 5.69 Å². The van der Waals surface area contributed by atoms with Crippen LogP contribution in [-0.4, -0.2) is 47.3 Å². The van der Waals surface area contributed by atoms with E-state index in [0.29, 0.717) is 21.9 Å². The Morgan fingerprint density at radius 2 is 1.88 bits per heavy atom. The summed E-state index contributed by atoms with van der Waals surface area (Å²) >= 11 is 6.59. The van der Waals surface area contributed by atoms with Crippen LogP contribution in [0.2, 0.25) is 5.02 Å². The number of ether oxygens (including phenoxy) is 2. The van der Waals surface area contributed by atoms with E-state index in [1.54, 1.807) is 19.1 Å². The molecule has 0 bridgehead atoms. The largest absolute Gasteiger partial charge is 0.478 e. The summed E-state index contributed by atoms with van der Waals surface area (Å²) in [7, 11) is 0. The van der Waals surface area contributed by atoms with Crippen molar-refractivity contribution in [1.82, 2.24) is 9.97 Å². The van der Waals surface area contributed by atoms with Gasteiger partial charge in [-0.2, -0.15) is 4.98 Å². The van der Waals surface area contributed by atoms with Gasteiger partial charge in [0.05, 0.1) is 34.8 Å². The first-order chi connectivity index (χ1) is 16.0. The van der Waals surface area contributed by atoms with Gasteiger partial charge >= 0.3 is 5.97 Å². The molecule has 168 valence electrons. The average molecular weight is 464 g/mol. The number of aryl methyl sites for hydroxylation is 1. The van der Waals surface area contributed by atoms with E-state index < -0.39 is 5.97 Å². The molecule has 8 heteroatoms. The normalized spacial score (nSPS) is 13.9. The molecule has 4 aromatic rings. The van der Waals surface area contributed by atoms with Crippen molar-refractivity contribution >= 4 is 34.3 Å². The lowest BCUT2D eigenvalue weighted by Gasteiger charge is -2.29. The number of hydrogen-bond donors (Lipinski definition) is 2. The highest BCUT2D eigenvalue weighted by molar-refractivity contribution is 6.34. The molecular weight excluding hydrogens is 442 g/mol. The number of benzene rings is 3. The fraction of sp³-hybridized carbons (Fsp3) is 0.200. The second-order valence-corrected chi connectivity index (χ2v) is 8.33. The summed E-state index contributed by atoms with van der Waals surface area (Å²) < 4.78 is 11.2. The number of H-pyrrole nitrogens is 1. The number of rotatable bonds is 5. The monoisotopic (exact) mass is 463 g/mol. The van der Waals surface area contributed by atoms with Crippen LogP contribution in [0.15, 0.2) is 54.6 Å². The first-order valence-corrected chi connectivity index (χ1v) is 11.0. The van der Waals surface area contributed by atoms with Gasteiger partial charge in [-0.25, -0.2) is 4.79 Å². The summed E-state index contributed by atoms with van der Waals surface area (Å²) in [6, 6.07) is 17.2. The van der Waals surface area contributed by atoms with Crippen LogP contribution in [0.3, 0.4) is 0 Å². The van der Waals surface area contributed by atoms with Crippen LogP contribution in [0.25, 0.3) is 22.2 Å². The fourth-order valence-electron chi connectivity index (χ4n) is 3.96. The Balaban J connectivity index is 1.41. The summed E-state index contributed by atoms with van der Waals surface area (Å²) in [6.07, 6.45) is 0. The summed E-state index contributed by atoms with van der Waals surface area (Å²) in [5.41, 5.74) is 5.31. The Morgan fingerprint density at radius 3 is 2.61 bits per heavy atom. The molecule has 1 aromatic heterocycles. The Hall–Kier alpha value is -3.55. The molecule has 1 fully saturated rings. The SMILES string of the molecule is Cc1ccc(Oc2nc3cc(-c4ccc(N5CCOCC5)cc4)c(Cl)cc3[nH]2)cc1C(=O)O. The molecule has 33 heavy (non-hydrogen) atoms. The number of aromatic carboxylic acids is 1. The van der Waals surface area contributed by atoms with Crippen LogP contribution in [0.1, 0.15) is 15.9 Å². The Morgan fingerprint density at radius 1 is 1.12 bits per heavy atom. The number of carboxylic acids is 1. The number of hydrogen-bond acceptors (Lipinski definition) is 5. The van der Waals surface area contributed by atoms with Gasteiger partial charge in [0, 0.05) is 24.3 Å². The van der Waals surface area contributed by atoms with E-state index in [-0.39, 0.29) is 11.6 Å². The molecule has 1 aliphatic heterocycles. The molecular formula is C25H22ClN3O4. The highest BCUT2D eigenvalue weighted by atomic mass is 35.5. The molecule has 0 radical (unpaired) electrons. The van der Waals surface area contributed by atoms with Crippen molar-refractivity contribution in [3.8, 4) is 22.9 Å². The van der Waals surface area contributed by atoms with Gasteiger partial charge in [0.25, 0.3) is 6.01 Å². The van der Waals surface area contributed by atoms with Crippen LogP contribution in [-0.2, 0) is 4.74 Å². The second-order valence-electron chi connectivity index (χ2n) is 7.92. The highest BCUT2D eigenvalue weighted by Gasteiger charge is 2.14. The van der Waals surface area contributed by atoms with Crippen molar-refractivity contribution in [2.75, 3.05) is 31.2 Å². The summed E-state index contributed by atoms with van der Waals surface area (Å²) in [6.45, 7) is 5.00. The number of anilines is 1. The number of carbonyl (C=O) groups is 1. The Kier molecular flexibility index (Phi) is 5.66. The molecule has 5 rings (SSSR count). The lowest BCUT2D eigenvalue weighted by Crippen LogP contribution is -2.36. The van der Waals surface area contributed by atoms with E-state index >= 15 is 0 Å². The van der Waals surface area contributed by atoms with Crippen molar-refractivity contribution in [2.24, 2.45) is 0 Å². The number of carboxylic acid groups (broad SMARTS) is 1. The van der Waals surface area contributed by atoms with Crippen molar-refractivity contribution in [1.29, 1.82) is 0 Å². The number of morpholine rings is 1. The smallest absolute Gasteiger partial charge is 0.336 e. The molecule has 0 saturated carbocycles. The Bertz CT molecular complexity index is 1330. The first-order valence-electron chi connectivity index (χ1n) is 10.6. The van der Waals surface area contributed by atoms with E-state index in [0.717, 1.165) is 48.6 Å². The van der Waals surface area contributed by atoms with E-state index in [1.165, 1.54) is 6.07 Å². The van der Waals surface area contributed by atoms with Gasteiger partial charge in [0.1, 0.15) is 5.75 Å². The Labute approximate surface area is 195 Å². The molecule has 0 unspecified atom stereocenters. The third-order valence-electron chi connectivity index (χ3n) is 5.76. The lowest BCUT2D eigenvalue weighted by atomic mass is 10.0. The molecule has 7 nitrogen and oxygen atoms in total. The minimum atomic E-state index is -1.00. The first kappa shape index (κ1) is 21.3. The number of nitrogens with one attached hydrogen (secondary N) is 1. The fourth-order valence-corrected chi connectivity index (χ4v) is 4.23. The predicted octanol–water partition coefficient (Wildman–Crippen LogP) is 5.52. The maximum atomic E-state index is 11.4. The molecule has 0 aliphatic carbocycles.